The summed E-state index contributed by atoms with van der Waals surface area (Å²) >= 11 is 0. The first-order valence-corrected chi connectivity index (χ1v) is 8.27. The van der Waals surface area contributed by atoms with Crippen molar-refractivity contribution in [3.63, 3.8) is 0 Å². The van der Waals surface area contributed by atoms with Crippen LogP contribution in [0.25, 0.3) is 43.4 Å². The lowest BCUT2D eigenvalue weighted by atomic mass is 9.99. The van der Waals surface area contributed by atoms with E-state index < -0.39 is 0 Å². The maximum absolute atomic E-state index is 5.38. The van der Waals surface area contributed by atoms with Crippen LogP contribution < -0.4 is 9.47 Å². The van der Waals surface area contributed by atoms with Gasteiger partial charge in [-0.1, -0.05) is 12.1 Å². The molecule has 1 N–H and O–H groups in total. The van der Waals surface area contributed by atoms with Gasteiger partial charge in [0.05, 0.1) is 14.2 Å². The molecule has 122 valence electrons. The zero-order valence-electron chi connectivity index (χ0n) is 14.1. The van der Waals surface area contributed by atoms with Crippen LogP contribution in [0.2, 0.25) is 0 Å². The first-order valence-electron chi connectivity index (χ1n) is 8.27. The third-order valence-electron chi connectivity index (χ3n) is 4.97. The number of hydrogen-bond donors (Lipinski definition) is 1. The number of rotatable bonds is 2. The summed E-state index contributed by atoms with van der Waals surface area (Å²) < 4.78 is 10.8. The van der Waals surface area contributed by atoms with E-state index in [1.807, 2.05) is 12.1 Å². The third-order valence-corrected chi connectivity index (χ3v) is 4.97. The van der Waals surface area contributed by atoms with Crippen molar-refractivity contribution in [2.45, 2.75) is 0 Å². The van der Waals surface area contributed by atoms with Crippen LogP contribution in [-0.2, 0) is 0 Å². The fourth-order valence-electron chi connectivity index (χ4n) is 3.76. The maximum atomic E-state index is 5.38. The molecule has 0 aliphatic carbocycles. The Morgan fingerprint density at radius 2 is 1.08 bits per heavy atom. The Bertz CT molecular complexity index is 1170. The Labute approximate surface area is 144 Å². The molecule has 0 spiro atoms. The highest BCUT2D eigenvalue weighted by Gasteiger charge is 2.12. The Hall–Kier alpha value is -3.20. The van der Waals surface area contributed by atoms with Gasteiger partial charge in [0.1, 0.15) is 11.5 Å². The second kappa shape index (κ2) is 5.15. The van der Waals surface area contributed by atoms with Gasteiger partial charge in [0.15, 0.2) is 0 Å². The van der Waals surface area contributed by atoms with Crippen LogP contribution in [0.15, 0.2) is 60.7 Å². The van der Waals surface area contributed by atoms with Gasteiger partial charge in [-0.2, -0.15) is 0 Å². The van der Waals surface area contributed by atoms with E-state index in [0.29, 0.717) is 0 Å². The zero-order valence-corrected chi connectivity index (χ0v) is 14.1. The molecule has 0 atom stereocenters. The van der Waals surface area contributed by atoms with E-state index in [-0.39, 0.29) is 0 Å². The number of nitrogens with one attached hydrogen (secondary N) is 1. The van der Waals surface area contributed by atoms with Crippen molar-refractivity contribution in [3.8, 4) is 11.5 Å². The first-order chi connectivity index (χ1) is 12.3. The minimum absolute atomic E-state index is 0.876. The van der Waals surface area contributed by atoms with Gasteiger partial charge in [-0.3, -0.25) is 0 Å². The number of H-pyrrole nitrogens is 1. The lowest BCUT2D eigenvalue weighted by Gasteiger charge is -2.06. The number of ether oxygens (including phenoxy) is 2. The van der Waals surface area contributed by atoms with Crippen LogP contribution in [0.4, 0.5) is 0 Å². The molecular formula is C22H17NO2. The highest BCUT2D eigenvalue weighted by molar-refractivity contribution is 6.27. The first kappa shape index (κ1) is 14.2. The van der Waals surface area contributed by atoms with E-state index in [1.165, 1.54) is 32.3 Å². The van der Waals surface area contributed by atoms with Crippen molar-refractivity contribution >= 4 is 43.4 Å². The minimum atomic E-state index is 0.876. The summed E-state index contributed by atoms with van der Waals surface area (Å²) in [5, 5.41) is 7.33. The number of benzene rings is 4. The second-order valence-corrected chi connectivity index (χ2v) is 6.28. The number of hydrogen-bond acceptors (Lipinski definition) is 2. The maximum Gasteiger partial charge on any atom is 0.119 e. The van der Waals surface area contributed by atoms with E-state index in [0.717, 1.165) is 22.5 Å². The molecule has 0 fully saturated rings. The summed E-state index contributed by atoms with van der Waals surface area (Å²) in [5.41, 5.74) is 2.30. The Balaban J connectivity index is 1.98. The predicted octanol–water partition coefficient (Wildman–Crippen LogP) is 5.64. The zero-order chi connectivity index (χ0) is 17.0. The molecule has 3 heteroatoms. The van der Waals surface area contributed by atoms with E-state index in [2.05, 4.69) is 53.5 Å². The Morgan fingerprint density at radius 1 is 0.600 bits per heavy atom. The van der Waals surface area contributed by atoms with Crippen LogP contribution >= 0.6 is 0 Å². The van der Waals surface area contributed by atoms with E-state index in [1.54, 1.807) is 14.2 Å². The molecule has 0 bridgehead atoms. The van der Waals surface area contributed by atoms with Gasteiger partial charge in [0.25, 0.3) is 0 Å². The molecule has 0 aliphatic rings. The van der Waals surface area contributed by atoms with Crippen LogP contribution in [0.1, 0.15) is 0 Å². The van der Waals surface area contributed by atoms with Gasteiger partial charge >= 0.3 is 0 Å². The topological polar surface area (TPSA) is 34.2 Å². The molecule has 5 rings (SSSR count). The molecule has 0 unspecified atom stereocenters. The molecule has 3 nitrogen and oxygen atoms in total. The van der Waals surface area contributed by atoms with Crippen molar-refractivity contribution in [1.82, 2.24) is 4.98 Å². The molecule has 4 aromatic carbocycles. The quantitative estimate of drug-likeness (QED) is 0.455. The molecule has 0 saturated heterocycles. The number of aromatic amines is 1. The lowest BCUT2D eigenvalue weighted by molar-refractivity contribution is 0.415. The average molecular weight is 327 g/mol. The Kier molecular flexibility index (Phi) is 2.92. The summed E-state index contributed by atoms with van der Waals surface area (Å²) in [6, 6.07) is 21.1. The van der Waals surface area contributed by atoms with Gasteiger partial charge in [-0.05, 0) is 70.1 Å². The molecule has 0 saturated carbocycles. The summed E-state index contributed by atoms with van der Waals surface area (Å²) in [6.07, 6.45) is 0. The van der Waals surface area contributed by atoms with Crippen molar-refractivity contribution in [1.29, 1.82) is 0 Å². The molecule has 25 heavy (non-hydrogen) atoms. The Morgan fingerprint density at radius 3 is 1.52 bits per heavy atom. The van der Waals surface area contributed by atoms with Crippen LogP contribution in [0.5, 0.6) is 11.5 Å². The van der Waals surface area contributed by atoms with Crippen molar-refractivity contribution in [2.75, 3.05) is 14.2 Å². The monoisotopic (exact) mass is 327 g/mol. The highest BCUT2D eigenvalue weighted by atomic mass is 16.5. The van der Waals surface area contributed by atoms with Gasteiger partial charge in [-0.25, -0.2) is 0 Å². The van der Waals surface area contributed by atoms with Crippen molar-refractivity contribution < 1.29 is 9.47 Å². The standard InChI is InChI=1S/C22H17NO2/c1-24-15-5-7-17-13(11-15)3-9-19-21(17)22-18-8-6-16(25-2)12-14(18)4-10-20(22)23-19/h3-12,23H,1-2H3. The van der Waals surface area contributed by atoms with Gasteiger partial charge < -0.3 is 14.5 Å². The van der Waals surface area contributed by atoms with Crippen LogP contribution in [-0.4, -0.2) is 19.2 Å². The largest absolute Gasteiger partial charge is 0.497 e. The van der Waals surface area contributed by atoms with E-state index in [4.69, 9.17) is 9.47 Å². The van der Waals surface area contributed by atoms with E-state index in [9.17, 15) is 0 Å². The van der Waals surface area contributed by atoms with Gasteiger partial charge in [0.2, 0.25) is 0 Å². The van der Waals surface area contributed by atoms with E-state index >= 15 is 0 Å². The molecular weight excluding hydrogens is 310 g/mol. The summed E-state index contributed by atoms with van der Waals surface area (Å²) in [5.74, 6) is 1.75. The van der Waals surface area contributed by atoms with Crippen LogP contribution in [0, 0.1) is 0 Å². The SMILES string of the molecule is COc1ccc2c(ccc3[nH]c4ccc5cc(OC)ccc5c4c32)c1. The molecule has 5 aromatic rings. The lowest BCUT2D eigenvalue weighted by Crippen LogP contribution is -1.84. The number of methoxy groups -OCH3 is 2. The average Bonchev–Trinajstić information content (AvgIpc) is 3.06. The van der Waals surface area contributed by atoms with Crippen molar-refractivity contribution in [2.24, 2.45) is 0 Å². The van der Waals surface area contributed by atoms with Gasteiger partial charge in [0, 0.05) is 21.8 Å². The molecule has 0 amide bonds. The third kappa shape index (κ3) is 1.99. The summed E-state index contributed by atoms with van der Waals surface area (Å²) in [6.45, 7) is 0. The molecule has 1 heterocycles. The van der Waals surface area contributed by atoms with Crippen molar-refractivity contribution in [3.05, 3.63) is 60.7 Å². The summed E-state index contributed by atoms with van der Waals surface area (Å²) in [4.78, 5) is 3.56. The highest BCUT2D eigenvalue weighted by Crippen LogP contribution is 2.38. The molecule has 1 aromatic heterocycles. The molecule has 0 aliphatic heterocycles. The van der Waals surface area contributed by atoms with Gasteiger partial charge in [-0.15, -0.1) is 0 Å². The number of aromatic nitrogens is 1. The van der Waals surface area contributed by atoms with Crippen LogP contribution in [0.3, 0.4) is 0 Å². The smallest absolute Gasteiger partial charge is 0.119 e. The normalized spacial score (nSPS) is 11.6. The second-order valence-electron chi connectivity index (χ2n) is 6.28. The fraction of sp³-hybridized carbons (Fsp3) is 0.0909. The number of fused-ring (bicyclic) bond motifs is 7. The molecule has 0 radical (unpaired) electrons. The fourth-order valence-corrected chi connectivity index (χ4v) is 3.76. The predicted molar refractivity (Wildman–Crippen MR) is 104 cm³/mol. The minimum Gasteiger partial charge on any atom is -0.497 e. The summed E-state index contributed by atoms with van der Waals surface area (Å²) in [7, 11) is 3.40.